The second-order valence-corrected chi connectivity index (χ2v) is 8.17. The molecular formula is C19H21FN4O3S. The number of rotatable bonds is 4. The van der Waals surface area contributed by atoms with E-state index in [9.17, 15) is 14.0 Å². The minimum absolute atomic E-state index is 0.138. The average molecular weight is 404 g/mol. The summed E-state index contributed by atoms with van der Waals surface area (Å²) in [5, 5.41) is 4.29. The summed E-state index contributed by atoms with van der Waals surface area (Å²) in [5.41, 5.74) is 0.741. The summed E-state index contributed by atoms with van der Waals surface area (Å²) in [5.74, 6) is -0.274. The second-order valence-electron chi connectivity index (χ2n) is 7.06. The van der Waals surface area contributed by atoms with Gasteiger partial charge in [0, 0.05) is 0 Å². The molecule has 28 heavy (non-hydrogen) atoms. The number of fused-ring (bicyclic) bond motifs is 1. The van der Waals surface area contributed by atoms with E-state index in [2.05, 4.69) is 15.0 Å². The van der Waals surface area contributed by atoms with Gasteiger partial charge >= 0.3 is 5.97 Å². The number of benzene rings is 1. The van der Waals surface area contributed by atoms with Gasteiger partial charge in [-0.3, -0.25) is 14.5 Å². The Balaban J connectivity index is 1.62. The quantitative estimate of drug-likeness (QED) is 0.725. The fourth-order valence-corrected chi connectivity index (χ4v) is 5.25. The van der Waals surface area contributed by atoms with Gasteiger partial charge in [0.1, 0.15) is 16.9 Å². The Morgan fingerprint density at radius 1 is 1.36 bits per heavy atom. The molecule has 2 atom stereocenters. The van der Waals surface area contributed by atoms with E-state index in [1.54, 1.807) is 13.0 Å². The molecule has 2 aromatic rings. The van der Waals surface area contributed by atoms with Crippen LogP contribution < -0.4 is 0 Å². The lowest BCUT2D eigenvalue weighted by molar-refractivity contribution is -0.147. The minimum atomic E-state index is -0.466. The van der Waals surface area contributed by atoms with Crippen LogP contribution in [0.25, 0.3) is 0 Å². The van der Waals surface area contributed by atoms with Gasteiger partial charge in [0.15, 0.2) is 5.16 Å². The van der Waals surface area contributed by atoms with Crippen LogP contribution in [0.5, 0.6) is 0 Å². The van der Waals surface area contributed by atoms with Crippen LogP contribution in [-0.2, 0) is 9.53 Å². The smallest absolute Gasteiger partial charge is 0.308 e. The van der Waals surface area contributed by atoms with E-state index in [1.165, 1.54) is 35.7 Å². The van der Waals surface area contributed by atoms with Crippen molar-refractivity contribution in [3.05, 3.63) is 41.5 Å². The van der Waals surface area contributed by atoms with E-state index in [1.807, 2.05) is 6.07 Å². The maximum Gasteiger partial charge on any atom is 0.308 e. The van der Waals surface area contributed by atoms with Gasteiger partial charge in [-0.2, -0.15) is 4.68 Å². The fraction of sp³-hybridized carbons (Fsp3) is 0.474. The normalized spacial score (nSPS) is 21.5. The lowest BCUT2D eigenvalue weighted by atomic mass is 9.93. The summed E-state index contributed by atoms with van der Waals surface area (Å²) in [6, 6.07) is 6.04. The Bertz CT molecular complexity index is 910. The van der Waals surface area contributed by atoms with Crippen molar-refractivity contribution in [2.45, 2.75) is 36.2 Å². The molecule has 2 aliphatic heterocycles. The summed E-state index contributed by atoms with van der Waals surface area (Å²) in [7, 11) is 1.40. The molecule has 0 amide bonds. The van der Waals surface area contributed by atoms with Crippen LogP contribution in [0.4, 0.5) is 4.39 Å². The Morgan fingerprint density at radius 2 is 2.11 bits per heavy atom. The first-order valence-corrected chi connectivity index (χ1v) is 10.1. The molecule has 9 heteroatoms. The highest BCUT2D eigenvalue weighted by atomic mass is 32.2. The third-order valence-corrected chi connectivity index (χ3v) is 6.49. The van der Waals surface area contributed by atoms with Crippen molar-refractivity contribution in [1.82, 2.24) is 19.7 Å². The van der Waals surface area contributed by atoms with Crippen molar-refractivity contribution in [2.24, 2.45) is 5.92 Å². The van der Waals surface area contributed by atoms with Gasteiger partial charge < -0.3 is 4.74 Å². The summed E-state index contributed by atoms with van der Waals surface area (Å²) >= 11 is 1.36. The summed E-state index contributed by atoms with van der Waals surface area (Å²) in [6.45, 7) is 3.00. The van der Waals surface area contributed by atoms with E-state index >= 15 is 0 Å². The van der Waals surface area contributed by atoms with Gasteiger partial charge in [0.05, 0.1) is 19.1 Å². The highest BCUT2D eigenvalue weighted by Crippen LogP contribution is 2.42. The molecular weight excluding hydrogens is 383 g/mol. The number of aryl methyl sites for hydroxylation is 1. The van der Waals surface area contributed by atoms with Gasteiger partial charge in [-0.1, -0.05) is 23.9 Å². The number of hydrogen-bond donors (Lipinski definition) is 0. The average Bonchev–Trinajstić information content (AvgIpc) is 3.19. The molecule has 2 unspecified atom stereocenters. The number of aromatic nitrogens is 3. The molecule has 1 fully saturated rings. The second kappa shape index (κ2) is 7.63. The lowest BCUT2D eigenvalue weighted by Gasteiger charge is -2.38. The first kappa shape index (κ1) is 19.1. The highest BCUT2D eigenvalue weighted by molar-refractivity contribution is 8.00. The van der Waals surface area contributed by atoms with E-state index in [-0.39, 0.29) is 29.7 Å². The number of esters is 1. The molecule has 0 spiro atoms. The summed E-state index contributed by atoms with van der Waals surface area (Å²) in [6.07, 6.45) is 1.29. The number of halogens is 1. The Labute approximate surface area is 166 Å². The van der Waals surface area contributed by atoms with Crippen LogP contribution in [0, 0.1) is 18.7 Å². The van der Waals surface area contributed by atoms with Crippen LogP contribution >= 0.6 is 11.8 Å². The number of piperidine rings is 1. The van der Waals surface area contributed by atoms with E-state index in [0.717, 1.165) is 5.56 Å². The molecule has 0 N–H and O–H groups in total. The standard InChI is InChI=1S/C19H21FN4O3S/c1-11-21-19-24(22-11)17(25)16(28-19)15(13-4-3-5-14(20)10-13)23-8-6-12(7-9-23)18(26)27-2/h3-5,10,12,15-16H,6-9H2,1-2H3. The first-order valence-electron chi connectivity index (χ1n) is 9.20. The number of likely N-dealkylation sites (tertiary alicyclic amines) is 1. The summed E-state index contributed by atoms with van der Waals surface area (Å²) < 4.78 is 20.2. The van der Waals surface area contributed by atoms with Crippen molar-refractivity contribution >= 4 is 23.6 Å². The van der Waals surface area contributed by atoms with E-state index in [0.29, 0.717) is 36.9 Å². The minimum Gasteiger partial charge on any atom is -0.469 e. The zero-order valence-corrected chi connectivity index (χ0v) is 16.5. The number of nitrogens with zero attached hydrogens (tertiary/aromatic N) is 4. The molecule has 0 radical (unpaired) electrons. The van der Waals surface area contributed by atoms with Gasteiger partial charge in [0.25, 0.3) is 5.91 Å². The van der Waals surface area contributed by atoms with Gasteiger partial charge in [-0.05, 0) is 50.6 Å². The molecule has 1 aromatic carbocycles. The van der Waals surface area contributed by atoms with Crippen LogP contribution in [0.15, 0.2) is 29.4 Å². The summed E-state index contributed by atoms with van der Waals surface area (Å²) in [4.78, 5) is 31.3. The molecule has 0 aliphatic carbocycles. The Hall–Kier alpha value is -2.26. The molecule has 4 rings (SSSR count). The topological polar surface area (TPSA) is 77.3 Å². The van der Waals surface area contributed by atoms with E-state index in [4.69, 9.17) is 4.74 Å². The van der Waals surface area contributed by atoms with Crippen molar-refractivity contribution in [2.75, 3.05) is 20.2 Å². The molecule has 1 aromatic heterocycles. The maximum atomic E-state index is 13.9. The van der Waals surface area contributed by atoms with Crippen molar-refractivity contribution in [3.8, 4) is 0 Å². The molecule has 3 heterocycles. The first-order chi connectivity index (χ1) is 13.5. The number of hydrogen-bond acceptors (Lipinski definition) is 7. The van der Waals surface area contributed by atoms with Crippen LogP contribution in [-0.4, -0.2) is 57.0 Å². The van der Waals surface area contributed by atoms with Crippen LogP contribution in [0.1, 0.15) is 35.1 Å². The monoisotopic (exact) mass is 404 g/mol. The largest absolute Gasteiger partial charge is 0.469 e. The van der Waals surface area contributed by atoms with Crippen LogP contribution in [0.2, 0.25) is 0 Å². The molecule has 148 valence electrons. The van der Waals surface area contributed by atoms with Gasteiger partial charge in [0.2, 0.25) is 0 Å². The lowest BCUT2D eigenvalue weighted by Crippen LogP contribution is -2.44. The molecule has 0 bridgehead atoms. The van der Waals surface area contributed by atoms with Crippen molar-refractivity contribution in [1.29, 1.82) is 0 Å². The molecule has 0 saturated carbocycles. The SMILES string of the molecule is COC(=O)C1CCN(C(c2cccc(F)c2)C2Sc3nc(C)nn3C2=O)CC1. The number of methoxy groups -OCH3 is 1. The number of carbonyl (C=O) groups excluding carboxylic acids is 2. The third-order valence-electron chi connectivity index (χ3n) is 5.30. The van der Waals surface area contributed by atoms with Gasteiger partial charge in [-0.15, -0.1) is 5.10 Å². The van der Waals surface area contributed by atoms with Crippen molar-refractivity contribution < 1.29 is 18.7 Å². The van der Waals surface area contributed by atoms with Gasteiger partial charge in [-0.25, -0.2) is 9.37 Å². The highest BCUT2D eigenvalue weighted by Gasteiger charge is 2.44. The third kappa shape index (κ3) is 3.44. The van der Waals surface area contributed by atoms with Crippen molar-refractivity contribution in [3.63, 3.8) is 0 Å². The number of carbonyl (C=O) groups is 2. The fourth-order valence-electron chi connectivity index (χ4n) is 3.95. The Kier molecular flexibility index (Phi) is 5.20. The molecule has 1 saturated heterocycles. The zero-order chi connectivity index (χ0) is 19.8. The van der Waals surface area contributed by atoms with E-state index < -0.39 is 5.25 Å². The zero-order valence-electron chi connectivity index (χ0n) is 15.7. The predicted molar refractivity (Wildman–Crippen MR) is 100 cm³/mol. The number of ether oxygens (including phenoxy) is 1. The molecule has 7 nitrogen and oxygen atoms in total. The molecule has 2 aliphatic rings. The van der Waals surface area contributed by atoms with Crippen LogP contribution in [0.3, 0.4) is 0 Å². The predicted octanol–water partition coefficient (Wildman–Crippen LogP) is 2.47. The number of thioether (sulfide) groups is 1. The Morgan fingerprint density at radius 3 is 2.75 bits per heavy atom. The maximum absolute atomic E-state index is 13.9.